The van der Waals surface area contributed by atoms with E-state index >= 15 is 0 Å². The molecule has 4 heteroatoms. The third kappa shape index (κ3) is 1.87. The molecule has 0 N–H and O–H groups in total. The second-order valence-corrected chi connectivity index (χ2v) is 4.59. The third-order valence-electron chi connectivity index (χ3n) is 2.77. The molecule has 1 aliphatic rings. The molecule has 1 aromatic rings. The third-order valence-corrected chi connectivity index (χ3v) is 2.77. The van der Waals surface area contributed by atoms with Gasteiger partial charge in [0.05, 0.1) is 7.11 Å². The number of hydrogen-bond donors (Lipinski definition) is 0. The van der Waals surface area contributed by atoms with Crippen LogP contribution in [0.1, 0.15) is 31.9 Å². The van der Waals surface area contributed by atoms with Gasteiger partial charge in [-0.25, -0.2) is 0 Å². The van der Waals surface area contributed by atoms with Gasteiger partial charge in [0.1, 0.15) is 23.1 Å². The standard InChI is InChI=1S/C12H15NO3/c1-12(2)7-10(13-14)9-6-8(15-3)4-5-11(9)16-12/h4-6,10H,7H2,1-3H3. The molecule has 0 saturated heterocycles. The smallest absolute Gasteiger partial charge is 0.125 e. The van der Waals surface area contributed by atoms with Crippen molar-refractivity contribution in [1.29, 1.82) is 0 Å². The quantitative estimate of drug-likeness (QED) is 0.721. The van der Waals surface area contributed by atoms with Crippen LogP contribution in [-0.4, -0.2) is 12.7 Å². The van der Waals surface area contributed by atoms with Crippen molar-refractivity contribution in [2.24, 2.45) is 5.18 Å². The van der Waals surface area contributed by atoms with Crippen molar-refractivity contribution in [3.05, 3.63) is 28.7 Å². The van der Waals surface area contributed by atoms with Crippen molar-refractivity contribution in [3.63, 3.8) is 0 Å². The van der Waals surface area contributed by atoms with Crippen LogP contribution in [0.15, 0.2) is 23.4 Å². The van der Waals surface area contributed by atoms with E-state index in [2.05, 4.69) is 5.18 Å². The Bertz CT molecular complexity index is 415. The van der Waals surface area contributed by atoms with Gasteiger partial charge in [-0.2, -0.15) is 4.91 Å². The monoisotopic (exact) mass is 221 g/mol. The molecule has 0 radical (unpaired) electrons. The lowest BCUT2D eigenvalue weighted by molar-refractivity contribution is 0.0728. The maximum absolute atomic E-state index is 10.9. The molecule has 0 fully saturated rings. The van der Waals surface area contributed by atoms with Crippen molar-refractivity contribution in [1.82, 2.24) is 0 Å². The minimum atomic E-state index is -0.353. The Labute approximate surface area is 94.5 Å². The molecule has 0 bridgehead atoms. The number of nitrogens with zero attached hydrogens (tertiary/aromatic N) is 1. The molecule has 0 spiro atoms. The van der Waals surface area contributed by atoms with Crippen LogP contribution in [0.3, 0.4) is 0 Å². The van der Waals surface area contributed by atoms with Crippen LogP contribution in [0, 0.1) is 4.91 Å². The highest BCUT2D eigenvalue weighted by atomic mass is 16.5. The Morgan fingerprint density at radius 1 is 1.50 bits per heavy atom. The minimum absolute atomic E-state index is 0.347. The Morgan fingerprint density at radius 2 is 2.25 bits per heavy atom. The second kappa shape index (κ2) is 3.77. The predicted molar refractivity (Wildman–Crippen MR) is 60.9 cm³/mol. The van der Waals surface area contributed by atoms with E-state index in [1.165, 1.54) is 0 Å². The zero-order valence-corrected chi connectivity index (χ0v) is 9.69. The molecule has 1 heterocycles. The number of rotatable bonds is 2. The van der Waals surface area contributed by atoms with Gasteiger partial charge in [0.15, 0.2) is 0 Å². The number of fused-ring (bicyclic) bond motifs is 1. The lowest BCUT2D eigenvalue weighted by atomic mass is 9.90. The van der Waals surface area contributed by atoms with Crippen molar-refractivity contribution in [2.45, 2.75) is 31.9 Å². The van der Waals surface area contributed by atoms with Gasteiger partial charge < -0.3 is 9.47 Å². The van der Waals surface area contributed by atoms with Crippen molar-refractivity contribution in [3.8, 4) is 11.5 Å². The molecule has 16 heavy (non-hydrogen) atoms. The predicted octanol–water partition coefficient (Wildman–Crippen LogP) is 3.06. The van der Waals surface area contributed by atoms with E-state index in [-0.39, 0.29) is 11.6 Å². The van der Waals surface area contributed by atoms with Crippen molar-refractivity contribution in [2.75, 3.05) is 7.11 Å². The Kier molecular flexibility index (Phi) is 2.58. The van der Waals surface area contributed by atoms with Crippen LogP contribution in [0.25, 0.3) is 0 Å². The highest BCUT2D eigenvalue weighted by molar-refractivity contribution is 5.44. The average Bonchev–Trinajstić information content (AvgIpc) is 2.26. The first-order valence-electron chi connectivity index (χ1n) is 5.25. The molecule has 2 rings (SSSR count). The summed E-state index contributed by atoms with van der Waals surface area (Å²) in [6, 6.07) is 5.11. The van der Waals surface area contributed by atoms with Gasteiger partial charge in [-0.3, -0.25) is 0 Å². The highest BCUT2D eigenvalue weighted by Crippen LogP contribution is 2.42. The van der Waals surface area contributed by atoms with Gasteiger partial charge in [-0.05, 0) is 32.0 Å². The molecule has 1 aliphatic heterocycles. The average molecular weight is 221 g/mol. The number of nitroso groups, excluding NO2 is 1. The van der Waals surface area contributed by atoms with Crippen LogP contribution >= 0.6 is 0 Å². The van der Waals surface area contributed by atoms with E-state index in [1.807, 2.05) is 32.0 Å². The van der Waals surface area contributed by atoms with E-state index in [1.54, 1.807) is 7.11 Å². The lowest BCUT2D eigenvalue weighted by Gasteiger charge is -2.34. The summed E-state index contributed by atoms with van der Waals surface area (Å²) in [4.78, 5) is 10.9. The van der Waals surface area contributed by atoms with E-state index < -0.39 is 0 Å². The molecule has 86 valence electrons. The summed E-state index contributed by atoms with van der Waals surface area (Å²) in [5.74, 6) is 1.44. The van der Waals surface area contributed by atoms with E-state index in [4.69, 9.17) is 9.47 Å². The van der Waals surface area contributed by atoms with Crippen LogP contribution in [0.2, 0.25) is 0 Å². The molecular formula is C12H15NO3. The molecule has 1 aromatic carbocycles. The largest absolute Gasteiger partial charge is 0.497 e. The van der Waals surface area contributed by atoms with Gasteiger partial charge in [-0.1, -0.05) is 5.18 Å². The molecule has 0 saturated carbocycles. The first-order chi connectivity index (χ1) is 7.55. The van der Waals surface area contributed by atoms with Crippen molar-refractivity contribution < 1.29 is 9.47 Å². The highest BCUT2D eigenvalue weighted by Gasteiger charge is 2.34. The fourth-order valence-electron chi connectivity index (χ4n) is 2.02. The summed E-state index contributed by atoms with van der Waals surface area (Å²) in [7, 11) is 1.60. The van der Waals surface area contributed by atoms with Crippen LogP contribution in [0.4, 0.5) is 0 Å². The Morgan fingerprint density at radius 3 is 2.88 bits per heavy atom. The fraction of sp³-hybridized carbons (Fsp3) is 0.500. The number of hydrogen-bond acceptors (Lipinski definition) is 4. The van der Waals surface area contributed by atoms with Crippen molar-refractivity contribution >= 4 is 0 Å². The first kappa shape index (κ1) is 10.9. The normalized spacial score (nSPS) is 21.8. The molecule has 1 unspecified atom stereocenters. The second-order valence-electron chi connectivity index (χ2n) is 4.59. The molecule has 0 aliphatic carbocycles. The molecule has 0 amide bonds. The van der Waals surface area contributed by atoms with E-state index in [0.29, 0.717) is 6.42 Å². The van der Waals surface area contributed by atoms with Crippen LogP contribution in [-0.2, 0) is 0 Å². The minimum Gasteiger partial charge on any atom is -0.497 e. The zero-order valence-electron chi connectivity index (χ0n) is 9.69. The van der Waals surface area contributed by atoms with E-state index in [0.717, 1.165) is 17.1 Å². The van der Waals surface area contributed by atoms with Gasteiger partial charge >= 0.3 is 0 Å². The van der Waals surface area contributed by atoms with Gasteiger partial charge in [0.25, 0.3) is 0 Å². The number of benzene rings is 1. The van der Waals surface area contributed by atoms with Gasteiger partial charge in [0, 0.05) is 12.0 Å². The zero-order chi connectivity index (χ0) is 11.8. The number of methoxy groups -OCH3 is 1. The summed E-state index contributed by atoms with van der Waals surface area (Å²) in [5, 5.41) is 3.17. The maximum atomic E-state index is 10.9. The van der Waals surface area contributed by atoms with Gasteiger partial charge in [-0.15, -0.1) is 0 Å². The molecule has 1 atom stereocenters. The lowest BCUT2D eigenvalue weighted by Crippen LogP contribution is -2.34. The van der Waals surface area contributed by atoms with Crippen LogP contribution in [0.5, 0.6) is 11.5 Å². The SMILES string of the molecule is COc1ccc2c(c1)C(N=O)CC(C)(C)O2. The van der Waals surface area contributed by atoms with E-state index in [9.17, 15) is 4.91 Å². The fourth-order valence-corrected chi connectivity index (χ4v) is 2.02. The number of ether oxygens (including phenoxy) is 2. The summed E-state index contributed by atoms with van der Waals surface area (Å²) >= 11 is 0. The molecular weight excluding hydrogens is 206 g/mol. The van der Waals surface area contributed by atoms with Gasteiger partial charge in [0.2, 0.25) is 0 Å². The summed E-state index contributed by atoms with van der Waals surface area (Å²) in [5.41, 5.74) is 0.467. The molecule has 4 nitrogen and oxygen atoms in total. The summed E-state index contributed by atoms with van der Waals surface area (Å²) in [6.07, 6.45) is 0.594. The summed E-state index contributed by atoms with van der Waals surface area (Å²) in [6.45, 7) is 3.91. The molecule has 0 aromatic heterocycles. The summed E-state index contributed by atoms with van der Waals surface area (Å²) < 4.78 is 10.9. The van der Waals surface area contributed by atoms with Crippen LogP contribution < -0.4 is 9.47 Å². The topological polar surface area (TPSA) is 47.9 Å². The Balaban J connectivity index is 2.46. The maximum Gasteiger partial charge on any atom is 0.125 e. The Hall–Kier alpha value is -1.58. The first-order valence-corrected chi connectivity index (χ1v) is 5.25.